The first-order valence-electron chi connectivity index (χ1n) is 25.0. The number of carbonyl (C=O) groups is 6. The van der Waals surface area contributed by atoms with Gasteiger partial charge in [-0.1, -0.05) is 129 Å². The highest BCUT2D eigenvalue weighted by molar-refractivity contribution is 5.96. The van der Waals surface area contributed by atoms with E-state index in [0.29, 0.717) is 22.3 Å². The van der Waals surface area contributed by atoms with E-state index < -0.39 is 113 Å². The number of hydrogen-bond donors (Lipinski definition) is 2. The number of rotatable bonds is 17. The van der Waals surface area contributed by atoms with Crippen molar-refractivity contribution in [3.63, 3.8) is 0 Å². The predicted octanol–water partition coefficient (Wildman–Crippen LogP) is 5.35. The number of fused-ring (bicyclic) bond motifs is 4. The highest BCUT2D eigenvalue weighted by Crippen LogP contribution is 2.60. The molecule has 5 aliphatic rings. The Morgan fingerprint density at radius 2 is 1.49 bits per heavy atom. The number of nitrogens with zero attached hydrogens (tertiary/aromatic N) is 2. The lowest BCUT2D eigenvalue weighted by atomic mass is 9.62. The predicted molar refractivity (Wildman–Crippen MR) is 265 cm³/mol. The van der Waals surface area contributed by atoms with Gasteiger partial charge in [0.05, 0.1) is 19.2 Å². The van der Waals surface area contributed by atoms with Gasteiger partial charge < -0.3 is 43.7 Å². The molecule has 390 valence electrons. The first-order chi connectivity index (χ1) is 35.3. The summed E-state index contributed by atoms with van der Waals surface area (Å²) >= 11 is 0. The molecule has 9 atom stereocenters. The molecule has 0 aromatic heterocycles. The van der Waals surface area contributed by atoms with Crippen molar-refractivity contribution in [2.24, 2.45) is 10.8 Å². The summed E-state index contributed by atoms with van der Waals surface area (Å²) in [6.07, 6.45) is -2.55. The number of carbonyl (C=O) groups excluding carboxylic acids is 6. The third-order valence-corrected chi connectivity index (χ3v) is 14.4. The van der Waals surface area contributed by atoms with Crippen LogP contribution in [0.1, 0.15) is 81.7 Å². The summed E-state index contributed by atoms with van der Waals surface area (Å²) in [6.45, 7) is 8.31. The maximum atomic E-state index is 16.1. The SMILES string of the molecule is CN(C(=O)[C@@]12C[C@H]3OC(=O)[C@@H]1N(Cc1ccccc1C=CC(=O)O[C@H]1C(=O)OCC1(C)C)O[C@@H]2[C@H]1OC(c2ccccc2)(c2ccccc2)O[C@H]13)[C@H](Cc1ccccc1)C(=O)N[C@H](CO)CCC(=O)OC(C)(C)C. The number of likely N-dealkylation sites (N-methyl/N-ethyl adjacent to an activating group) is 1. The minimum absolute atomic E-state index is 0.0430. The number of esters is 4. The summed E-state index contributed by atoms with van der Waals surface area (Å²) in [4.78, 5) is 92.5. The second kappa shape index (κ2) is 20.9. The molecule has 74 heavy (non-hydrogen) atoms. The molecule has 5 fully saturated rings. The Morgan fingerprint density at radius 3 is 2.11 bits per heavy atom. The van der Waals surface area contributed by atoms with Crippen molar-refractivity contribution in [3.05, 3.63) is 149 Å². The van der Waals surface area contributed by atoms with Crippen LogP contribution in [0.5, 0.6) is 0 Å². The van der Waals surface area contributed by atoms with Crippen molar-refractivity contribution in [3.8, 4) is 0 Å². The van der Waals surface area contributed by atoms with Gasteiger partial charge in [0.15, 0.2) is 6.04 Å². The highest BCUT2D eigenvalue weighted by atomic mass is 16.8. The number of aliphatic hydroxyl groups excluding tert-OH is 1. The topological polar surface area (TPSA) is 206 Å². The van der Waals surface area contributed by atoms with E-state index in [4.69, 9.17) is 33.3 Å². The Bertz CT molecular complexity index is 2720. The van der Waals surface area contributed by atoms with Crippen molar-refractivity contribution < 1.29 is 67.1 Å². The minimum Gasteiger partial charge on any atom is -0.462 e. The Kier molecular flexibility index (Phi) is 14.7. The van der Waals surface area contributed by atoms with E-state index in [0.717, 1.165) is 5.56 Å². The molecule has 4 aromatic carbocycles. The third-order valence-electron chi connectivity index (χ3n) is 14.4. The van der Waals surface area contributed by atoms with Gasteiger partial charge in [-0.15, -0.1) is 0 Å². The van der Waals surface area contributed by atoms with Crippen LogP contribution in [0.15, 0.2) is 121 Å². The van der Waals surface area contributed by atoms with Crippen molar-refractivity contribution in [2.75, 3.05) is 20.3 Å². The molecule has 2 N–H and O–H groups in total. The van der Waals surface area contributed by atoms with Crippen LogP contribution >= 0.6 is 0 Å². The number of aliphatic hydroxyl groups is 1. The van der Waals surface area contributed by atoms with Gasteiger partial charge >= 0.3 is 23.9 Å². The fraction of sp³-hybridized carbons (Fsp3) is 0.439. The van der Waals surface area contributed by atoms with Crippen LogP contribution in [0.4, 0.5) is 0 Å². The first kappa shape index (κ1) is 52.1. The largest absolute Gasteiger partial charge is 0.462 e. The highest BCUT2D eigenvalue weighted by Gasteiger charge is 2.77. The van der Waals surface area contributed by atoms with E-state index >= 15 is 4.79 Å². The second-order valence-electron chi connectivity index (χ2n) is 21.3. The number of cyclic esters (lactones) is 1. The average molecular weight is 1010 g/mol. The van der Waals surface area contributed by atoms with E-state index in [1.54, 1.807) is 58.9 Å². The Labute approximate surface area is 430 Å². The fourth-order valence-electron chi connectivity index (χ4n) is 10.8. The van der Waals surface area contributed by atoms with Crippen LogP contribution in [0.25, 0.3) is 6.08 Å². The van der Waals surface area contributed by atoms with E-state index in [9.17, 15) is 29.1 Å². The monoisotopic (exact) mass is 1010 g/mol. The van der Waals surface area contributed by atoms with Gasteiger partial charge in [0.1, 0.15) is 48.1 Å². The van der Waals surface area contributed by atoms with Crippen molar-refractivity contribution >= 4 is 41.8 Å². The normalized spacial score (nSPS) is 26.3. The van der Waals surface area contributed by atoms with E-state index in [-0.39, 0.29) is 38.8 Å². The van der Waals surface area contributed by atoms with Gasteiger partial charge in [0.2, 0.25) is 23.7 Å². The lowest BCUT2D eigenvalue weighted by molar-refractivity contribution is -0.214. The van der Waals surface area contributed by atoms with Crippen molar-refractivity contribution in [2.45, 2.75) is 127 Å². The van der Waals surface area contributed by atoms with Gasteiger partial charge in [-0.25, -0.2) is 9.59 Å². The van der Waals surface area contributed by atoms with Gasteiger partial charge in [-0.3, -0.25) is 24.0 Å². The molecule has 4 saturated heterocycles. The van der Waals surface area contributed by atoms with Crippen LogP contribution in [0, 0.1) is 10.8 Å². The lowest BCUT2D eigenvalue weighted by Crippen LogP contribution is -2.70. The molecule has 2 bridgehead atoms. The molecule has 9 rings (SSSR count). The zero-order chi connectivity index (χ0) is 52.6. The zero-order valence-electron chi connectivity index (χ0n) is 42.3. The molecule has 4 aliphatic heterocycles. The summed E-state index contributed by atoms with van der Waals surface area (Å²) in [7, 11) is 1.51. The molecule has 1 aliphatic carbocycles. The molecule has 0 spiro atoms. The smallest absolute Gasteiger partial charge is 0.348 e. The Morgan fingerprint density at radius 1 is 0.865 bits per heavy atom. The number of amides is 2. The average Bonchev–Trinajstić information content (AvgIpc) is 4.04. The van der Waals surface area contributed by atoms with Crippen LogP contribution < -0.4 is 5.32 Å². The van der Waals surface area contributed by atoms with Crippen molar-refractivity contribution in [1.82, 2.24) is 15.3 Å². The fourth-order valence-corrected chi connectivity index (χ4v) is 10.8. The number of hydroxylamine groups is 2. The van der Waals surface area contributed by atoms with Crippen LogP contribution in [0.2, 0.25) is 0 Å². The zero-order valence-corrected chi connectivity index (χ0v) is 42.3. The molecule has 4 heterocycles. The number of hydrogen-bond acceptors (Lipinski definition) is 15. The van der Waals surface area contributed by atoms with E-state index in [1.165, 1.54) is 29.2 Å². The van der Waals surface area contributed by atoms with Crippen LogP contribution in [0.3, 0.4) is 0 Å². The molecule has 0 unspecified atom stereocenters. The van der Waals surface area contributed by atoms with E-state index in [1.807, 2.05) is 91.0 Å². The number of nitrogens with one attached hydrogen (secondary N) is 1. The standard InChI is InChI=1S/C57H63N3O14/c1-54(2,3)71-44(63)29-27-40(33-61)58-50(64)41(30-35-18-10-7-11-19-35)59(6)53(67)56-31-42-45-46(73-57(72-45,38-22-12-8-13-23-38)39-24-14-9-15-25-39)48(56)74-60(47(56)51(65)69-42)32-37-21-17-16-20-36(37)26-28-43(62)70-49-52(66)68-34-55(49,4)5/h7-26,28,40-42,45-49,61H,27,29-34H2,1-6H3,(H,58,64)/t40-,41+,42+,45-,46-,47-,48+,49-,56-/m0/s1. The molecule has 2 amide bonds. The minimum atomic E-state index is -1.75. The third kappa shape index (κ3) is 10.2. The maximum Gasteiger partial charge on any atom is 0.348 e. The molecular formula is C57H63N3O14. The summed E-state index contributed by atoms with van der Waals surface area (Å²) in [5.41, 5.74) is -0.0222. The summed E-state index contributed by atoms with van der Waals surface area (Å²) in [5.74, 6) is -5.36. The van der Waals surface area contributed by atoms with Crippen LogP contribution in [-0.2, 0) is 80.8 Å². The second-order valence-corrected chi connectivity index (χ2v) is 21.3. The van der Waals surface area contributed by atoms with Crippen LogP contribution in [-0.4, -0.2) is 125 Å². The molecular weight excluding hydrogens is 951 g/mol. The maximum absolute atomic E-state index is 16.1. The number of benzene rings is 4. The lowest BCUT2D eigenvalue weighted by Gasteiger charge is -2.50. The van der Waals surface area contributed by atoms with E-state index in [2.05, 4.69) is 5.32 Å². The molecule has 17 nitrogen and oxygen atoms in total. The summed E-state index contributed by atoms with van der Waals surface area (Å²) in [5, 5.41) is 14.8. The van der Waals surface area contributed by atoms with Gasteiger partial charge in [-0.2, -0.15) is 5.06 Å². The first-order valence-corrected chi connectivity index (χ1v) is 25.0. The molecule has 0 radical (unpaired) electrons. The molecule has 1 saturated carbocycles. The number of ether oxygens (including phenoxy) is 6. The summed E-state index contributed by atoms with van der Waals surface area (Å²) in [6, 6.07) is 31.5. The Balaban J connectivity index is 1.08. The molecule has 4 aromatic rings. The van der Waals surface area contributed by atoms with Crippen molar-refractivity contribution in [1.29, 1.82) is 0 Å². The van der Waals surface area contributed by atoms with Gasteiger partial charge in [-0.05, 0) is 50.0 Å². The Hall–Kier alpha value is -6.76. The van der Waals surface area contributed by atoms with Gasteiger partial charge in [0.25, 0.3) is 0 Å². The summed E-state index contributed by atoms with van der Waals surface area (Å²) < 4.78 is 36.8. The quantitative estimate of drug-likeness (QED) is 0.0778. The van der Waals surface area contributed by atoms with Gasteiger partial charge in [0, 0.05) is 48.9 Å². The molecule has 17 heteroatoms.